The molecule has 0 radical (unpaired) electrons. The summed E-state index contributed by atoms with van der Waals surface area (Å²) in [7, 11) is 2.11. The number of halogens is 1. The standard InChI is InChI=1S/C15H23FN4O/c1-15(2)10-20(7-6-19(15)3)9-12-5-4-11(8-13(12)16)14(17)18-21/h4-5,8,21H,6-7,9-10H2,1-3H3,(H2,17,18). The summed E-state index contributed by atoms with van der Waals surface area (Å²) in [6, 6.07) is 4.69. The monoisotopic (exact) mass is 294 g/mol. The van der Waals surface area contributed by atoms with Gasteiger partial charge in [0.05, 0.1) is 0 Å². The van der Waals surface area contributed by atoms with Crippen molar-refractivity contribution in [2.24, 2.45) is 10.9 Å². The van der Waals surface area contributed by atoms with Crippen molar-refractivity contribution in [1.82, 2.24) is 9.80 Å². The molecule has 0 aliphatic carbocycles. The number of rotatable bonds is 3. The Labute approximate surface area is 124 Å². The second-order valence-electron chi connectivity index (χ2n) is 6.24. The molecule has 1 heterocycles. The van der Waals surface area contributed by atoms with Gasteiger partial charge in [-0.25, -0.2) is 4.39 Å². The van der Waals surface area contributed by atoms with Crippen LogP contribution in [0, 0.1) is 5.82 Å². The van der Waals surface area contributed by atoms with Gasteiger partial charge in [0.15, 0.2) is 5.84 Å². The quantitative estimate of drug-likeness (QED) is 0.383. The highest BCUT2D eigenvalue weighted by molar-refractivity contribution is 5.97. The molecule has 0 aromatic heterocycles. The number of likely N-dealkylation sites (N-methyl/N-ethyl adjacent to an activating group) is 1. The second-order valence-corrected chi connectivity index (χ2v) is 6.24. The SMILES string of the molecule is CN1CCN(Cc2ccc(C(N)=NO)cc2F)CC1(C)C. The van der Waals surface area contributed by atoms with Crippen LogP contribution in [0.15, 0.2) is 23.4 Å². The minimum Gasteiger partial charge on any atom is -0.409 e. The number of nitrogens with zero attached hydrogens (tertiary/aromatic N) is 3. The lowest BCUT2D eigenvalue weighted by molar-refractivity contribution is 0.0355. The molecule has 116 valence electrons. The zero-order valence-corrected chi connectivity index (χ0v) is 12.8. The van der Waals surface area contributed by atoms with Gasteiger partial charge in [0.25, 0.3) is 0 Å². The average Bonchev–Trinajstić information content (AvgIpc) is 2.44. The van der Waals surface area contributed by atoms with E-state index in [1.807, 2.05) is 0 Å². The fourth-order valence-corrected chi connectivity index (χ4v) is 2.61. The summed E-state index contributed by atoms with van der Waals surface area (Å²) in [4.78, 5) is 4.57. The maximum absolute atomic E-state index is 14.1. The fraction of sp³-hybridized carbons (Fsp3) is 0.533. The molecule has 0 bridgehead atoms. The van der Waals surface area contributed by atoms with Crippen LogP contribution in [0.4, 0.5) is 4.39 Å². The van der Waals surface area contributed by atoms with Gasteiger partial charge in [0.1, 0.15) is 5.82 Å². The summed E-state index contributed by atoms with van der Waals surface area (Å²) in [5.41, 5.74) is 6.57. The summed E-state index contributed by atoms with van der Waals surface area (Å²) in [6.07, 6.45) is 0. The predicted molar refractivity (Wildman–Crippen MR) is 80.9 cm³/mol. The molecule has 0 atom stereocenters. The molecule has 1 aliphatic heterocycles. The van der Waals surface area contributed by atoms with E-state index in [0.717, 1.165) is 19.6 Å². The minimum absolute atomic E-state index is 0.0822. The third-order valence-electron chi connectivity index (χ3n) is 4.25. The Balaban J connectivity index is 2.10. The molecule has 21 heavy (non-hydrogen) atoms. The van der Waals surface area contributed by atoms with Crippen LogP contribution in [0.5, 0.6) is 0 Å². The number of oxime groups is 1. The predicted octanol–water partition coefficient (Wildman–Crippen LogP) is 1.45. The molecule has 0 unspecified atom stereocenters. The Hall–Kier alpha value is -1.66. The molecule has 0 amide bonds. The van der Waals surface area contributed by atoms with Crippen molar-refractivity contribution < 1.29 is 9.60 Å². The van der Waals surface area contributed by atoms with E-state index in [9.17, 15) is 4.39 Å². The molecule has 0 spiro atoms. The molecule has 1 aromatic rings. The maximum atomic E-state index is 14.1. The molecule has 6 heteroatoms. The molecular weight excluding hydrogens is 271 g/mol. The molecular formula is C15H23FN4O. The highest BCUT2D eigenvalue weighted by Crippen LogP contribution is 2.21. The largest absolute Gasteiger partial charge is 0.409 e. The van der Waals surface area contributed by atoms with Crippen LogP contribution in [0.3, 0.4) is 0 Å². The lowest BCUT2D eigenvalue weighted by Gasteiger charge is -2.45. The van der Waals surface area contributed by atoms with Crippen LogP contribution in [0.1, 0.15) is 25.0 Å². The van der Waals surface area contributed by atoms with E-state index >= 15 is 0 Å². The van der Waals surface area contributed by atoms with Crippen LogP contribution in [-0.2, 0) is 6.54 Å². The number of hydrogen-bond acceptors (Lipinski definition) is 4. The van der Waals surface area contributed by atoms with E-state index in [2.05, 4.69) is 35.9 Å². The normalized spacial score (nSPS) is 20.7. The minimum atomic E-state index is -0.323. The summed E-state index contributed by atoms with van der Waals surface area (Å²) < 4.78 is 14.1. The van der Waals surface area contributed by atoms with Gasteiger partial charge in [0.2, 0.25) is 0 Å². The maximum Gasteiger partial charge on any atom is 0.170 e. The van der Waals surface area contributed by atoms with E-state index in [-0.39, 0.29) is 17.2 Å². The first-order chi connectivity index (χ1) is 9.83. The van der Waals surface area contributed by atoms with Gasteiger partial charge in [0, 0.05) is 42.8 Å². The van der Waals surface area contributed by atoms with Gasteiger partial charge in [-0.1, -0.05) is 17.3 Å². The highest BCUT2D eigenvalue weighted by atomic mass is 19.1. The molecule has 1 fully saturated rings. The molecule has 0 saturated carbocycles. The van der Waals surface area contributed by atoms with Crippen LogP contribution in [-0.4, -0.2) is 53.1 Å². The van der Waals surface area contributed by atoms with Gasteiger partial charge >= 0.3 is 0 Å². The van der Waals surface area contributed by atoms with Crippen molar-refractivity contribution >= 4 is 5.84 Å². The fourth-order valence-electron chi connectivity index (χ4n) is 2.61. The lowest BCUT2D eigenvalue weighted by Crippen LogP contribution is -2.57. The van der Waals surface area contributed by atoms with Crippen molar-refractivity contribution in [2.75, 3.05) is 26.7 Å². The summed E-state index contributed by atoms with van der Waals surface area (Å²) in [6.45, 7) is 7.73. The smallest absolute Gasteiger partial charge is 0.170 e. The zero-order valence-electron chi connectivity index (χ0n) is 12.8. The third kappa shape index (κ3) is 3.51. The average molecular weight is 294 g/mol. The number of benzene rings is 1. The summed E-state index contributed by atoms with van der Waals surface area (Å²) >= 11 is 0. The van der Waals surface area contributed by atoms with Gasteiger partial charge < -0.3 is 10.9 Å². The lowest BCUT2D eigenvalue weighted by atomic mass is 9.99. The number of amidine groups is 1. The molecule has 1 saturated heterocycles. The topological polar surface area (TPSA) is 65.1 Å². The van der Waals surface area contributed by atoms with Crippen LogP contribution in [0.25, 0.3) is 0 Å². The highest BCUT2D eigenvalue weighted by Gasteiger charge is 2.31. The van der Waals surface area contributed by atoms with E-state index in [4.69, 9.17) is 10.9 Å². The molecule has 5 nitrogen and oxygen atoms in total. The number of nitrogens with two attached hydrogens (primary N) is 1. The molecule has 2 rings (SSSR count). The van der Waals surface area contributed by atoms with Gasteiger partial charge in [-0.15, -0.1) is 0 Å². The van der Waals surface area contributed by atoms with Gasteiger partial charge in [-0.2, -0.15) is 0 Å². The first-order valence-corrected chi connectivity index (χ1v) is 7.03. The second kappa shape index (κ2) is 5.99. The Morgan fingerprint density at radius 1 is 1.43 bits per heavy atom. The van der Waals surface area contributed by atoms with Crippen molar-refractivity contribution in [3.63, 3.8) is 0 Å². The third-order valence-corrected chi connectivity index (χ3v) is 4.25. The van der Waals surface area contributed by atoms with Gasteiger partial charge in [-0.3, -0.25) is 9.80 Å². The van der Waals surface area contributed by atoms with Crippen molar-refractivity contribution in [3.8, 4) is 0 Å². The van der Waals surface area contributed by atoms with Crippen molar-refractivity contribution in [1.29, 1.82) is 0 Å². The first-order valence-electron chi connectivity index (χ1n) is 7.03. The molecule has 1 aliphatic rings. The van der Waals surface area contributed by atoms with Crippen LogP contribution in [0.2, 0.25) is 0 Å². The Kier molecular flexibility index (Phi) is 4.49. The number of hydrogen-bond donors (Lipinski definition) is 2. The van der Waals surface area contributed by atoms with E-state index < -0.39 is 0 Å². The van der Waals surface area contributed by atoms with Crippen LogP contribution < -0.4 is 5.73 Å². The van der Waals surface area contributed by atoms with Crippen molar-refractivity contribution in [2.45, 2.75) is 25.9 Å². The van der Waals surface area contributed by atoms with Gasteiger partial charge in [-0.05, 0) is 27.0 Å². The summed E-state index contributed by atoms with van der Waals surface area (Å²) in [5.74, 6) is -0.406. The van der Waals surface area contributed by atoms with E-state index in [1.54, 1.807) is 12.1 Å². The summed E-state index contributed by atoms with van der Waals surface area (Å²) in [5, 5.41) is 11.5. The Morgan fingerprint density at radius 3 is 2.71 bits per heavy atom. The van der Waals surface area contributed by atoms with Crippen LogP contribution >= 0.6 is 0 Å². The first kappa shape index (κ1) is 15.7. The number of piperazine rings is 1. The van der Waals surface area contributed by atoms with Crippen molar-refractivity contribution in [3.05, 3.63) is 35.1 Å². The Morgan fingerprint density at radius 2 is 2.14 bits per heavy atom. The van der Waals surface area contributed by atoms with E-state index in [0.29, 0.717) is 17.7 Å². The van der Waals surface area contributed by atoms with E-state index in [1.165, 1.54) is 6.07 Å². The molecule has 3 N–H and O–H groups in total. The Bertz CT molecular complexity index is 544. The molecule has 1 aromatic carbocycles. The zero-order chi connectivity index (χ0) is 15.6.